The van der Waals surface area contributed by atoms with Gasteiger partial charge in [-0.3, -0.25) is 4.68 Å². The molecule has 0 unspecified atom stereocenters. The number of hydrogen-bond donors (Lipinski definition) is 2. The second kappa shape index (κ2) is 5.97. The Morgan fingerprint density at radius 3 is 2.55 bits per heavy atom. The summed E-state index contributed by atoms with van der Waals surface area (Å²) < 4.78 is 28.2. The highest BCUT2D eigenvalue weighted by molar-refractivity contribution is 7.89. The molecule has 0 aliphatic heterocycles. The van der Waals surface area contributed by atoms with Crippen molar-refractivity contribution in [3.63, 3.8) is 0 Å². The monoisotopic (exact) mass is 296 g/mol. The van der Waals surface area contributed by atoms with Gasteiger partial charge in [0.2, 0.25) is 16.0 Å². The molecule has 108 valence electrons. The third kappa shape index (κ3) is 3.31. The van der Waals surface area contributed by atoms with Crippen LogP contribution in [0.1, 0.15) is 5.69 Å². The topological polar surface area (TPSA) is 102 Å². The maximum Gasteiger partial charge on any atom is 0.243 e. The normalized spacial score (nSPS) is 11.5. The molecule has 0 saturated heterocycles. The Bertz CT molecular complexity index is 664. The Labute approximate surface area is 117 Å². The molecule has 0 aliphatic rings. The van der Waals surface area contributed by atoms with Crippen molar-refractivity contribution in [3.8, 4) is 0 Å². The number of sulfonamides is 1. The van der Waals surface area contributed by atoms with Gasteiger partial charge in [0.25, 0.3) is 0 Å². The molecule has 8 nitrogen and oxygen atoms in total. The number of hydrogen-bond acceptors (Lipinski definition) is 6. The third-order valence-corrected chi connectivity index (χ3v) is 4.17. The number of anilines is 1. The molecular weight excluding hydrogens is 280 g/mol. The Morgan fingerprint density at radius 1 is 1.30 bits per heavy atom. The average Bonchev–Trinajstić information content (AvgIpc) is 2.84. The smallest absolute Gasteiger partial charge is 0.243 e. The highest BCUT2D eigenvalue weighted by Crippen LogP contribution is 2.07. The molecule has 0 fully saturated rings. The van der Waals surface area contributed by atoms with Crippen molar-refractivity contribution in [2.75, 3.05) is 18.9 Å². The average molecular weight is 296 g/mol. The first-order valence-corrected chi connectivity index (χ1v) is 7.47. The second-order valence-corrected chi connectivity index (χ2v) is 5.85. The molecule has 9 heteroatoms. The van der Waals surface area contributed by atoms with Gasteiger partial charge in [0.05, 0.1) is 12.4 Å². The van der Waals surface area contributed by atoms with Crippen LogP contribution < -0.4 is 10.0 Å². The molecule has 2 aromatic heterocycles. The van der Waals surface area contributed by atoms with Gasteiger partial charge in [0, 0.05) is 39.0 Å². The van der Waals surface area contributed by atoms with Crippen molar-refractivity contribution < 1.29 is 8.42 Å². The van der Waals surface area contributed by atoms with Crippen LogP contribution in [0, 0.1) is 0 Å². The summed E-state index contributed by atoms with van der Waals surface area (Å²) in [7, 11) is -0.108. The molecular formula is C11H16N6O2S. The summed E-state index contributed by atoms with van der Waals surface area (Å²) in [6.45, 7) is 0.287. The summed E-state index contributed by atoms with van der Waals surface area (Å²) in [6.07, 6.45) is 4.77. The molecule has 0 aliphatic carbocycles. The lowest BCUT2D eigenvalue weighted by Crippen LogP contribution is -2.26. The molecule has 0 bridgehead atoms. The van der Waals surface area contributed by atoms with Gasteiger partial charge in [-0.25, -0.2) is 23.1 Å². The zero-order valence-electron chi connectivity index (χ0n) is 11.2. The molecule has 2 aromatic rings. The predicted octanol–water partition coefficient (Wildman–Crippen LogP) is -0.227. The Balaban J connectivity index is 1.98. The number of aromatic nitrogens is 4. The van der Waals surface area contributed by atoms with E-state index in [1.807, 2.05) is 13.1 Å². The van der Waals surface area contributed by atoms with Gasteiger partial charge in [-0.05, 0) is 6.07 Å². The first-order chi connectivity index (χ1) is 9.53. The lowest BCUT2D eigenvalue weighted by atomic mass is 10.3. The van der Waals surface area contributed by atoms with Crippen LogP contribution in [0.2, 0.25) is 0 Å². The number of aryl methyl sites for hydroxylation is 1. The van der Waals surface area contributed by atoms with E-state index in [2.05, 4.69) is 25.1 Å². The first kappa shape index (κ1) is 14.4. The van der Waals surface area contributed by atoms with Gasteiger partial charge in [0.1, 0.15) is 4.90 Å². The van der Waals surface area contributed by atoms with E-state index in [0.29, 0.717) is 12.4 Å². The fourth-order valence-corrected chi connectivity index (χ4v) is 2.55. The van der Waals surface area contributed by atoms with E-state index in [4.69, 9.17) is 0 Å². The molecule has 0 amide bonds. The van der Waals surface area contributed by atoms with E-state index < -0.39 is 10.0 Å². The maximum absolute atomic E-state index is 12.0. The van der Waals surface area contributed by atoms with Gasteiger partial charge in [-0.1, -0.05) is 0 Å². The minimum Gasteiger partial charge on any atom is -0.357 e. The number of nitrogens with one attached hydrogen (secondary N) is 2. The Kier molecular flexibility index (Phi) is 4.30. The van der Waals surface area contributed by atoms with Crippen molar-refractivity contribution in [3.05, 3.63) is 30.4 Å². The van der Waals surface area contributed by atoms with Crippen molar-refractivity contribution in [2.24, 2.45) is 7.05 Å². The zero-order valence-corrected chi connectivity index (χ0v) is 12.1. The SMILES string of the molecule is CNc1ncc(S(=O)(=O)NCCc2ccnn2C)cn1. The highest BCUT2D eigenvalue weighted by atomic mass is 32.2. The lowest BCUT2D eigenvalue weighted by Gasteiger charge is -2.07. The summed E-state index contributed by atoms with van der Waals surface area (Å²) in [4.78, 5) is 7.80. The van der Waals surface area contributed by atoms with E-state index >= 15 is 0 Å². The lowest BCUT2D eigenvalue weighted by molar-refractivity contribution is 0.579. The molecule has 0 radical (unpaired) electrons. The van der Waals surface area contributed by atoms with Crippen LogP contribution in [0.3, 0.4) is 0 Å². The van der Waals surface area contributed by atoms with Gasteiger partial charge in [-0.2, -0.15) is 5.10 Å². The van der Waals surface area contributed by atoms with E-state index in [-0.39, 0.29) is 11.4 Å². The van der Waals surface area contributed by atoms with Gasteiger partial charge in [0.15, 0.2) is 0 Å². The molecule has 0 spiro atoms. The zero-order chi connectivity index (χ0) is 14.6. The molecule has 0 aromatic carbocycles. The molecule has 2 heterocycles. The number of rotatable bonds is 6. The van der Waals surface area contributed by atoms with Crippen molar-refractivity contribution in [1.29, 1.82) is 0 Å². The van der Waals surface area contributed by atoms with Crippen LogP contribution >= 0.6 is 0 Å². The maximum atomic E-state index is 12.0. The van der Waals surface area contributed by atoms with E-state index in [1.54, 1.807) is 17.9 Å². The Morgan fingerprint density at radius 2 is 2.00 bits per heavy atom. The van der Waals surface area contributed by atoms with Crippen molar-refractivity contribution in [2.45, 2.75) is 11.3 Å². The van der Waals surface area contributed by atoms with Crippen LogP contribution in [0.15, 0.2) is 29.6 Å². The van der Waals surface area contributed by atoms with Crippen molar-refractivity contribution in [1.82, 2.24) is 24.5 Å². The molecule has 2 rings (SSSR count). The molecule has 0 atom stereocenters. The van der Waals surface area contributed by atoms with Gasteiger partial charge in [-0.15, -0.1) is 0 Å². The van der Waals surface area contributed by atoms with E-state index in [9.17, 15) is 8.42 Å². The largest absolute Gasteiger partial charge is 0.357 e. The highest BCUT2D eigenvalue weighted by Gasteiger charge is 2.14. The van der Waals surface area contributed by atoms with Crippen LogP contribution in [0.4, 0.5) is 5.95 Å². The Hall–Kier alpha value is -2.00. The minimum atomic E-state index is -3.58. The summed E-state index contributed by atoms with van der Waals surface area (Å²) in [5.74, 6) is 0.374. The molecule has 2 N–H and O–H groups in total. The summed E-state index contributed by atoms with van der Waals surface area (Å²) in [5, 5.41) is 6.75. The second-order valence-electron chi connectivity index (χ2n) is 4.09. The number of nitrogens with zero attached hydrogens (tertiary/aromatic N) is 4. The quantitative estimate of drug-likeness (QED) is 0.763. The predicted molar refractivity (Wildman–Crippen MR) is 73.7 cm³/mol. The van der Waals surface area contributed by atoms with Crippen molar-refractivity contribution >= 4 is 16.0 Å². The van der Waals surface area contributed by atoms with E-state index in [0.717, 1.165) is 5.69 Å². The minimum absolute atomic E-state index is 0.0431. The standard InChI is InChI=1S/C11H16N6O2S/c1-12-11-13-7-10(8-14-11)20(18,19)16-6-4-9-3-5-15-17(9)2/h3,5,7-8,16H,4,6H2,1-2H3,(H,12,13,14). The third-order valence-electron chi connectivity index (χ3n) is 2.76. The molecule has 20 heavy (non-hydrogen) atoms. The van der Waals surface area contributed by atoms with Gasteiger partial charge >= 0.3 is 0 Å². The van der Waals surface area contributed by atoms with Crippen LogP contribution in [-0.4, -0.2) is 41.8 Å². The molecule has 0 saturated carbocycles. The fraction of sp³-hybridized carbons (Fsp3) is 0.364. The van der Waals surface area contributed by atoms with Crippen LogP contribution in [-0.2, 0) is 23.5 Å². The van der Waals surface area contributed by atoms with E-state index in [1.165, 1.54) is 12.4 Å². The fourth-order valence-electron chi connectivity index (χ4n) is 1.63. The first-order valence-electron chi connectivity index (χ1n) is 5.99. The summed E-state index contributed by atoms with van der Waals surface area (Å²) in [5.41, 5.74) is 0.953. The summed E-state index contributed by atoms with van der Waals surface area (Å²) >= 11 is 0. The van der Waals surface area contributed by atoms with Gasteiger partial charge < -0.3 is 5.32 Å². The summed E-state index contributed by atoms with van der Waals surface area (Å²) in [6, 6.07) is 1.85. The van der Waals surface area contributed by atoms with Crippen LogP contribution in [0.25, 0.3) is 0 Å². The van der Waals surface area contributed by atoms with Crippen LogP contribution in [0.5, 0.6) is 0 Å².